The second-order valence-electron chi connectivity index (χ2n) is 6.01. The fourth-order valence-electron chi connectivity index (χ4n) is 1.94. The molecule has 1 unspecified atom stereocenters. The van der Waals surface area contributed by atoms with E-state index in [-0.39, 0.29) is 35.5 Å². The normalized spacial score (nSPS) is 13.4. The zero-order chi connectivity index (χ0) is 15.7. The van der Waals surface area contributed by atoms with Gasteiger partial charge in [0.15, 0.2) is 5.96 Å². The van der Waals surface area contributed by atoms with E-state index in [1.165, 1.54) is 0 Å². The van der Waals surface area contributed by atoms with Gasteiger partial charge in [-0.3, -0.25) is 9.67 Å². The summed E-state index contributed by atoms with van der Waals surface area (Å²) in [4.78, 5) is 4.61. The molecule has 2 N–H and O–H groups in total. The second kappa shape index (κ2) is 10.8. The third kappa shape index (κ3) is 7.98. The van der Waals surface area contributed by atoms with Crippen molar-refractivity contribution in [1.29, 1.82) is 0 Å². The number of methoxy groups -OCH3 is 1. The molecule has 0 aliphatic rings. The van der Waals surface area contributed by atoms with Crippen molar-refractivity contribution in [2.45, 2.75) is 40.3 Å². The molecule has 0 spiro atoms. The highest BCUT2D eigenvalue weighted by atomic mass is 127. The molecule has 0 saturated heterocycles. The molecule has 7 heteroatoms. The summed E-state index contributed by atoms with van der Waals surface area (Å²) in [6, 6.07) is 1.92. The van der Waals surface area contributed by atoms with Gasteiger partial charge >= 0.3 is 0 Å². The molecule has 0 aromatic carbocycles. The van der Waals surface area contributed by atoms with E-state index < -0.39 is 0 Å². The van der Waals surface area contributed by atoms with Crippen LogP contribution in [0.15, 0.2) is 23.5 Å². The summed E-state index contributed by atoms with van der Waals surface area (Å²) in [5, 5.41) is 10.7. The quantitative estimate of drug-likeness (QED) is 0.401. The number of hydrogen-bond acceptors (Lipinski definition) is 3. The van der Waals surface area contributed by atoms with Crippen molar-refractivity contribution < 1.29 is 4.74 Å². The van der Waals surface area contributed by atoms with Crippen LogP contribution in [0.2, 0.25) is 0 Å². The van der Waals surface area contributed by atoms with Gasteiger partial charge in [0.25, 0.3) is 0 Å². The molecule has 1 aromatic rings. The average molecular weight is 423 g/mol. The van der Waals surface area contributed by atoms with Crippen molar-refractivity contribution in [2.24, 2.45) is 10.4 Å². The SMILES string of the molecule is CCNC(=NCC(OC)C(C)(C)C)NCCn1cccn1.I. The molecule has 0 aliphatic carbocycles. The van der Waals surface area contributed by atoms with Crippen LogP contribution in [-0.4, -0.2) is 48.6 Å². The molecule has 0 saturated carbocycles. The Morgan fingerprint density at radius 3 is 2.59 bits per heavy atom. The molecule has 1 heterocycles. The molecule has 1 aromatic heterocycles. The number of hydrogen-bond donors (Lipinski definition) is 2. The maximum atomic E-state index is 5.53. The zero-order valence-electron chi connectivity index (χ0n) is 14.3. The van der Waals surface area contributed by atoms with Crippen LogP contribution < -0.4 is 10.6 Å². The Hall–Kier alpha value is -0.830. The molecule has 1 rings (SSSR count). The number of aliphatic imine (C=N–C) groups is 1. The smallest absolute Gasteiger partial charge is 0.191 e. The summed E-state index contributed by atoms with van der Waals surface area (Å²) in [5.41, 5.74) is 0.0740. The number of ether oxygens (including phenoxy) is 1. The summed E-state index contributed by atoms with van der Waals surface area (Å²) in [6.45, 7) is 11.6. The second-order valence-corrected chi connectivity index (χ2v) is 6.01. The number of aromatic nitrogens is 2. The molecule has 0 bridgehead atoms. The van der Waals surface area contributed by atoms with Crippen molar-refractivity contribution >= 4 is 29.9 Å². The van der Waals surface area contributed by atoms with Gasteiger partial charge in [0.1, 0.15) is 0 Å². The maximum absolute atomic E-state index is 5.53. The van der Waals surface area contributed by atoms with Crippen LogP contribution in [0, 0.1) is 5.41 Å². The van der Waals surface area contributed by atoms with Crippen molar-refractivity contribution in [3.63, 3.8) is 0 Å². The summed E-state index contributed by atoms with van der Waals surface area (Å²) >= 11 is 0. The maximum Gasteiger partial charge on any atom is 0.191 e. The predicted molar refractivity (Wildman–Crippen MR) is 102 cm³/mol. The van der Waals surface area contributed by atoms with E-state index >= 15 is 0 Å². The summed E-state index contributed by atoms with van der Waals surface area (Å²) in [7, 11) is 1.74. The van der Waals surface area contributed by atoms with Crippen LogP contribution in [0.5, 0.6) is 0 Å². The van der Waals surface area contributed by atoms with Crippen LogP contribution in [0.4, 0.5) is 0 Å². The minimum Gasteiger partial charge on any atom is -0.379 e. The lowest BCUT2D eigenvalue weighted by Crippen LogP contribution is -2.40. The lowest BCUT2D eigenvalue weighted by atomic mass is 9.89. The molecule has 0 aliphatic heterocycles. The van der Waals surface area contributed by atoms with E-state index in [4.69, 9.17) is 4.74 Å². The van der Waals surface area contributed by atoms with Gasteiger partial charge in [-0.25, -0.2) is 0 Å². The van der Waals surface area contributed by atoms with E-state index in [0.717, 1.165) is 25.6 Å². The Labute approximate surface area is 151 Å². The standard InChI is InChI=1S/C15H29N5O.HI/c1-6-16-14(17-9-11-20-10-7-8-19-20)18-12-13(21-5)15(2,3)4;/h7-8,10,13H,6,9,11-12H2,1-5H3,(H2,16,17,18);1H. The lowest BCUT2D eigenvalue weighted by molar-refractivity contribution is 0.0241. The molecule has 22 heavy (non-hydrogen) atoms. The van der Waals surface area contributed by atoms with Gasteiger partial charge in [-0.15, -0.1) is 24.0 Å². The van der Waals surface area contributed by atoms with E-state index in [9.17, 15) is 0 Å². The minimum absolute atomic E-state index is 0. The van der Waals surface area contributed by atoms with Gasteiger partial charge in [0, 0.05) is 32.6 Å². The Morgan fingerprint density at radius 2 is 2.09 bits per heavy atom. The van der Waals surface area contributed by atoms with Crippen molar-refractivity contribution in [3.8, 4) is 0 Å². The van der Waals surface area contributed by atoms with Gasteiger partial charge in [-0.2, -0.15) is 5.10 Å². The van der Waals surface area contributed by atoms with Crippen LogP contribution in [0.3, 0.4) is 0 Å². The Kier molecular flexibility index (Phi) is 10.4. The number of nitrogens with zero attached hydrogens (tertiary/aromatic N) is 3. The van der Waals surface area contributed by atoms with Gasteiger partial charge in [0.2, 0.25) is 0 Å². The fourth-order valence-corrected chi connectivity index (χ4v) is 1.94. The van der Waals surface area contributed by atoms with Crippen LogP contribution in [0.1, 0.15) is 27.7 Å². The lowest BCUT2D eigenvalue weighted by Gasteiger charge is -2.28. The van der Waals surface area contributed by atoms with Crippen molar-refractivity contribution in [2.75, 3.05) is 26.7 Å². The number of guanidine groups is 1. The summed E-state index contributed by atoms with van der Waals surface area (Å²) < 4.78 is 7.42. The van der Waals surface area contributed by atoms with Crippen molar-refractivity contribution in [1.82, 2.24) is 20.4 Å². The van der Waals surface area contributed by atoms with Gasteiger partial charge in [-0.05, 0) is 18.4 Å². The Balaban J connectivity index is 0.00000441. The average Bonchev–Trinajstić information content (AvgIpc) is 2.91. The number of rotatable bonds is 7. The highest BCUT2D eigenvalue weighted by molar-refractivity contribution is 14.0. The molecule has 6 nitrogen and oxygen atoms in total. The monoisotopic (exact) mass is 423 g/mol. The summed E-state index contributed by atoms with van der Waals surface area (Å²) in [6.07, 6.45) is 3.83. The molecular weight excluding hydrogens is 393 g/mol. The van der Waals surface area contributed by atoms with Crippen LogP contribution >= 0.6 is 24.0 Å². The third-order valence-electron chi connectivity index (χ3n) is 3.20. The van der Waals surface area contributed by atoms with Crippen molar-refractivity contribution in [3.05, 3.63) is 18.5 Å². The van der Waals surface area contributed by atoms with E-state index in [1.807, 2.05) is 16.9 Å². The molecule has 0 radical (unpaired) electrons. The first-order valence-electron chi connectivity index (χ1n) is 7.49. The first-order valence-corrected chi connectivity index (χ1v) is 7.49. The summed E-state index contributed by atoms with van der Waals surface area (Å²) in [5.74, 6) is 0.816. The first-order chi connectivity index (χ1) is 9.97. The van der Waals surface area contributed by atoms with Crippen LogP contribution in [0.25, 0.3) is 0 Å². The minimum atomic E-state index is 0. The van der Waals surface area contributed by atoms with Crippen LogP contribution in [-0.2, 0) is 11.3 Å². The van der Waals surface area contributed by atoms with Gasteiger partial charge < -0.3 is 15.4 Å². The molecular formula is C15H30IN5O. The Morgan fingerprint density at radius 1 is 1.36 bits per heavy atom. The highest BCUT2D eigenvalue weighted by Gasteiger charge is 2.23. The predicted octanol–water partition coefficient (Wildman–Crippen LogP) is 2.12. The highest BCUT2D eigenvalue weighted by Crippen LogP contribution is 2.21. The zero-order valence-corrected chi connectivity index (χ0v) is 16.6. The van der Waals surface area contributed by atoms with Gasteiger partial charge in [0.05, 0.1) is 19.2 Å². The topological polar surface area (TPSA) is 63.5 Å². The molecule has 1 atom stereocenters. The first kappa shape index (κ1) is 21.2. The fraction of sp³-hybridized carbons (Fsp3) is 0.733. The van der Waals surface area contributed by atoms with E-state index in [2.05, 4.69) is 48.4 Å². The van der Waals surface area contributed by atoms with Gasteiger partial charge in [-0.1, -0.05) is 20.8 Å². The van der Waals surface area contributed by atoms with E-state index in [0.29, 0.717) is 6.54 Å². The molecule has 0 amide bonds. The van der Waals surface area contributed by atoms with E-state index in [1.54, 1.807) is 13.3 Å². The largest absolute Gasteiger partial charge is 0.379 e. The number of halogens is 1. The number of nitrogens with one attached hydrogen (secondary N) is 2. The third-order valence-corrected chi connectivity index (χ3v) is 3.20. The molecule has 0 fully saturated rings. The Bertz CT molecular complexity index is 414. The molecule has 128 valence electrons.